The van der Waals surface area contributed by atoms with Gasteiger partial charge in [-0.1, -0.05) is 54.9 Å². The van der Waals surface area contributed by atoms with E-state index >= 15 is 0 Å². The van der Waals surface area contributed by atoms with Gasteiger partial charge in [-0.15, -0.1) is 0 Å². The summed E-state index contributed by atoms with van der Waals surface area (Å²) in [6, 6.07) is 0. The van der Waals surface area contributed by atoms with Crippen molar-refractivity contribution in [3.63, 3.8) is 0 Å². The Kier molecular flexibility index (Phi) is 7.39. The average molecular weight is 241 g/mol. The van der Waals surface area contributed by atoms with Crippen LogP contribution in [0.4, 0.5) is 0 Å². The van der Waals surface area contributed by atoms with Crippen LogP contribution in [0.2, 0.25) is 0 Å². The summed E-state index contributed by atoms with van der Waals surface area (Å²) in [7, 11) is 0. The average Bonchev–Trinajstić information content (AvgIpc) is 2.09. The smallest absolute Gasteiger partial charge is 0.00258 e. The van der Waals surface area contributed by atoms with Crippen molar-refractivity contribution < 1.29 is 0 Å². The van der Waals surface area contributed by atoms with Crippen LogP contribution in [0.15, 0.2) is 0 Å². The number of hydrogen-bond donors (Lipinski definition) is 1. The Morgan fingerprint density at radius 1 is 0.882 bits per heavy atom. The number of rotatable bonds is 8. The van der Waals surface area contributed by atoms with Crippen LogP contribution >= 0.6 is 0 Å². The molecule has 17 heavy (non-hydrogen) atoms. The quantitative estimate of drug-likeness (QED) is 0.598. The van der Waals surface area contributed by atoms with Crippen LogP contribution in [-0.2, 0) is 0 Å². The number of hydrogen-bond acceptors (Lipinski definition) is 1. The minimum Gasteiger partial charge on any atom is -0.316 e. The van der Waals surface area contributed by atoms with E-state index in [2.05, 4.69) is 53.8 Å². The summed E-state index contributed by atoms with van der Waals surface area (Å²) >= 11 is 0. The Bertz CT molecular complexity index is 186. The van der Waals surface area contributed by atoms with E-state index in [1.807, 2.05) is 0 Å². The standard InChI is InChI=1S/C16H35N/c1-14(2)13-17-12-11-16(6,7)10-8-9-15(3,4)5/h14,17H,8-13H2,1-7H3. The highest BCUT2D eigenvalue weighted by atomic mass is 14.8. The molecule has 0 rings (SSSR count). The fourth-order valence-corrected chi connectivity index (χ4v) is 2.04. The van der Waals surface area contributed by atoms with E-state index in [9.17, 15) is 0 Å². The van der Waals surface area contributed by atoms with Gasteiger partial charge < -0.3 is 5.32 Å². The molecule has 0 fully saturated rings. The second kappa shape index (κ2) is 7.41. The van der Waals surface area contributed by atoms with E-state index in [0.29, 0.717) is 10.8 Å². The fraction of sp³-hybridized carbons (Fsp3) is 1.00. The van der Waals surface area contributed by atoms with Crippen molar-refractivity contribution in [3.05, 3.63) is 0 Å². The molecule has 0 heterocycles. The Morgan fingerprint density at radius 2 is 1.47 bits per heavy atom. The monoisotopic (exact) mass is 241 g/mol. The molecule has 0 spiro atoms. The van der Waals surface area contributed by atoms with Gasteiger partial charge in [-0.05, 0) is 49.1 Å². The Hall–Kier alpha value is -0.0400. The maximum Gasteiger partial charge on any atom is -0.00258 e. The molecule has 0 aliphatic heterocycles. The summed E-state index contributed by atoms with van der Waals surface area (Å²) in [5.41, 5.74) is 0.987. The van der Waals surface area contributed by atoms with Crippen molar-refractivity contribution in [2.24, 2.45) is 16.7 Å². The van der Waals surface area contributed by atoms with Crippen LogP contribution in [0.3, 0.4) is 0 Å². The highest BCUT2D eigenvalue weighted by molar-refractivity contribution is 4.72. The Labute approximate surface area is 110 Å². The lowest BCUT2D eigenvalue weighted by molar-refractivity contribution is 0.262. The fourth-order valence-electron chi connectivity index (χ4n) is 2.04. The van der Waals surface area contributed by atoms with E-state index in [1.165, 1.54) is 32.2 Å². The van der Waals surface area contributed by atoms with Crippen LogP contribution in [0.25, 0.3) is 0 Å². The first-order valence-electron chi connectivity index (χ1n) is 7.33. The van der Waals surface area contributed by atoms with Crippen LogP contribution in [0.5, 0.6) is 0 Å². The van der Waals surface area contributed by atoms with Crippen LogP contribution in [0.1, 0.15) is 74.1 Å². The molecule has 0 aromatic carbocycles. The number of nitrogens with one attached hydrogen (secondary N) is 1. The molecule has 0 radical (unpaired) electrons. The zero-order valence-corrected chi connectivity index (χ0v) is 13.3. The summed E-state index contributed by atoms with van der Waals surface area (Å²) in [6.07, 6.45) is 5.36. The second-order valence-corrected chi connectivity index (χ2v) is 7.93. The third kappa shape index (κ3) is 12.2. The van der Waals surface area contributed by atoms with Crippen molar-refractivity contribution >= 4 is 0 Å². The summed E-state index contributed by atoms with van der Waals surface area (Å²) in [5, 5.41) is 3.55. The summed E-state index contributed by atoms with van der Waals surface area (Å²) in [5.74, 6) is 0.763. The predicted octanol–water partition coefficient (Wildman–Crippen LogP) is 4.86. The largest absolute Gasteiger partial charge is 0.316 e. The molecule has 0 saturated heterocycles. The maximum absolute atomic E-state index is 3.55. The van der Waals surface area contributed by atoms with Gasteiger partial charge in [-0.2, -0.15) is 0 Å². The van der Waals surface area contributed by atoms with Crippen molar-refractivity contribution in [1.29, 1.82) is 0 Å². The Balaban J connectivity index is 3.65. The van der Waals surface area contributed by atoms with Gasteiger partial charge in [0.05, 0.1) is 0 Å². The van der Waals surface area contributed by atoms with Crippen molar-refractivity contribution in [3.8, 4) is 0 Å². The first-order valence-corrected chi connectivity index (χ1v) is 7.33. The van der Waals surface area contributed by atoms with Gasteiger partial charge in [0.2, 0.25) is 0 Å². The van der Waals surface area contributed by atoms with E-state index in [4.69, 9.17) is 0 Å². The third-order valence-electron chi connectivity index (χ3n) is 3.31. The van der Waals surface area contributed by atoms with Crippen LogP contribution in [-0.4, -0.2) is 13.1 Å². The Morgan fingerprint density at radius 3 is 1.94 bits per heavy atom. The molecule has 0 aromatic heterocycles. The lowest BCUT2D eigenvalue weighted by Crippen LogP contribution is -2.25. The molecule has 0 bridgehead atoms. The van der Waals surface area contributed by atoms with Crippen LogP contribution < -0.4 is 5.32 Å². The molecule has 0 amide bonds. The van der Waals surface area contributed by atoms with Gasteiger partial charge in [-0.25, -0.2) is 0 Å². The van der Waals surface area contributed by atoms with E-state index < -0.39 is 0 Å². The molecule has 0 saturated carbocycles. The normalized spacial score (nSPS) is 13.4. The van der Waals surface area contributed by atoms with Gasteiger partial charge >= 0.3 is 0 Å². The van der Waals surface area contributed by atoms with Gasteiger partial charge in [0.15, 0.2) is 0 Å². The molecule has 1 N–H and O–H groups in total. The summed E-state index contributed by atoms with van der Waals surface area (Å²) in [6.45, 7) is 18.7. The molecule has 0 unspecified atom stereocenters. The summed E-state index contributed by atoms with van der Waals surface area (Å²) < 4.78 is 0. The van der Waals surface area contributed by atoms with E-state index in [1.54, 1.807) is 0 Å². The van der Waals surface area contributed by atoms with Crippen molar-refractivity contribution in [2.75, 3.05) is 13.1 Å². The first kappa shape index (κ1) is 17.0. The zero-order chi connectivity index (χ0) is 13.5. The van der Waals surface area contributed by atoms with Crippen LogP contribution in [0, 0.1) is 16.7 Å². The molecule has 0 aliphatic rings. The highest BCUT2D eigenvalue weighted by Crippen LogP contribution is 2.30. The highest BCUT2D eigenvalue weighted by Gasteiger charge is 2.18. The first-order chi connectivity index (χ1) is 7.62. The molecule has 0 aliphatic carbocycles. The molecule has 0 atom stereocenters. The minimum absolute atomic E-state index is 0.492. The lowest BCUT2D eigenvalue weighted by atomic mass is 9.80. The predicted molar refractivity (Wildman–Crippen MR) is 79.4 cm³/mol. The van der Waals surface area contributed by atoms with Crippen molar-refractivity contribution in [2.45, 2.75) is 74.1 Å². The molecular formula is C16H35N. The van der Waals surface area contributed by atoms with Gasteiger partial charge in [0.1, 0.15) is 0 Å². The molecule has 0 aromatic rings. The van der Waals surface area contributed by atoms with Crippen molar-refractivity contribution in [1.82, 2.24) is 5.32 Å². The third-order valence-corrected chi connectivity index (χ3v) is 3.31. The second-order valence-electron chi connectivity index (χ2n) is 7.93. The topological polar surface area (TPSA) is 12.0 Å². The molecule has 104 valence electrons. The molecule has 1 heteroatoms. The zero-order valence-electron chi connectivity index (χ0n) is 13.3. The minimum atomic E-state index is 0.492. The lowest BCUT2D eigenvalue weighted by Gasteiger charge is -2.27. The molecular weight excluding hydrogens is 206 g/mol. The maximum atomic E-state index is 3.55. The van der Waals surface area contributed by atoms with Gasteiger partial charge in [0.25, 0.3) is 0 Å². The molecule has 1 nitrogen and oxygen atoms in total. The van der Waals surface area contributed by atoms with Gasteiger partial charge in [0, 0.05) is 0 Å². The van der Waals surface area contributed by atoms with E-state index in [0.717, 1.165) is 12.5 Å². The van der Waals surface area contributed by atoms with E-state index in [-0.39, 0.29) is 0 Å². The summed E-state index contributed by atoms with van der Waals surface area (Å²) in [4.78, 5) is 0. The SMILES string of the molecule is CC(C)CNCCC(C)(C)CCCC(C)(C)C. The van der Waals surface area contributed by atoms with Gasteiger partial charge in [-0.3, -0.25) is 0 Å².